The number of fused-ring (bicyclic) bond motifs is 1. The van der Waals surface area contributed by atoms with Crippen LogP contribution in [0.2, 0.25) is 0 Å². The average Bonchev–Trinajstić information content (AvgIpc) is 3.34. The average molecular weight is 676 g/mol. The van der Waals surface area contributed by atoms with Crippen molar-refractivity contribution in [2.45, 2.75) is 77.0 Å². The van der Waals surface area contributed by atoms with Gasteiger partial charge in [-0.3, -0.25) is 4.79 Å². The van der Waals surface area contributed by atoms with Gasteiger partial charge in [0.25, 0.3) is 0 Å². The summed E-state index contributed by atoms with van der Waals surface area (Å²) in [7, 11) is -0.627. The topological polar surface area (TPSA) is 113 Å². The van der Waals surface area contributed by atoms with Gasteiger partial charge in [-0.2, -0.15) is 4.31 Å². The smallest absolute Gasteiger partial charge is 0.211 e. The number of carbonyl (C=O) groups excluding carboxylic acids is 1. The van der Waals surface area contributed by atoms with Gasteiger partial charge in [0, 0.05) is 52.1 Å². The molecule has 48 heavy (non-hydrogen) atoms. The molecule has 0 amide bonds. The van der Waals surface area contributed by atoms with Gasteiger partial charge >= 0.3 is 0 Å². The molecule has 0 aromatic heterocycles. The maximum Gasteiger partial charge on any atom is 0.211 e. The second-order valence-electron chi connectivity index (χ2n) is 15.7. The van der Waals surface area contributed by atoms with E-state index < -0.39 is 38.0 Å². The lowest BCUT2D eigenvalue weighted by molar-refractivity contribution is -0.173. The molecule has 3 fully saturated rings. The maximum atomic E-state index is 14.6. The van der Waals surface area contributed by atoms with Gasteiger partial charge in [0.05, 0.1) is 32.2 Å². The van der Waals surface area contributed by atoms with Crippen molar-refractivity contribution in [3.8, 4) is 11.5 Å². The Morgan fingerprint density at radius 1 is 0.938 bits per heavy atom. The predicted molar refractivity (Wildman–Crippen MR) is 184 cm³/mol. The van der Waals surface area contributed by atoms with Crippen molar-refractivity contribution in [3.05, 3.63) is 83.5 Å². The summed E-state index contributed by atoms with van der Waals surface area (Å²) in [6.07, 6.45) is 12.4. The molecule has 2 spiro atoms. The number of carbonyl (C=O) groups is 1. The summed E-state index contributed by atoms with van der Waals surface area (Å²) in [6, 6.07) is 14.8. The molecular formula is C39H49NO7S. The van der Waals surface area contributed by atoms with Gasteiger partial charge in [0.1, 0.15) is 11.5 Å². The highest BCUT2D eigenvalue weighted by Crippen LogP contribution is 2.78. The van der Waals surface area contributed by atoms with Crippen molar-refractivity contribution in [2.75, 3.05) is 27.0 Å². The van der Waals surface area contributed by atoms with Crippen molar-refractivity contribution in [2.24, 2.45) is 33.5 Å². The first kappa shape index (κ1) is 33.5. The van der Waals surface area contributed by atoms with Gasteiger partial charge in [0.2, 0.25) is 10.0 Å². The number of nitrogens with zero attached hydrogens (tertiary/aromatic N) is 1. The highest BCUT2D eigenvalue weighted by molar-refractivity contribution is 7.88. The summed E-state index contributed by atoms with van der Waals surface area (Å²) in [5.74, 6) is 1.21. The molecule has 6 aliphatic carbocycles. The zero-order chi connectivity index (χ0) is 34.3. The standard InChI is InChI=1S/C39H49NO7S/c1-35-16-13-28(41)22-37(35)19-20-39(30(23-37)34(42)26-9-7-6-8-10-26)32(35)14-17-36(2)33(39)15-18-38(36,43)25-40(48(5,44)45)24-27-11-12-29(46-3)21-31(27)47-4/h6-12,19-21,23,28,32-33,41,43H,13-18,22,24-25H2,1-5H3. The maximum absolute atomic E-state index is 14.6. The molecule has 8 nitrogen and oxygen atoms in total. The highest BCUT2D eigenvalue weighted by atomic mass is 32.2. The van der Waals surface area contributed by atoms with Crippen LogP contribution >= 0.6 is 0 Å². The number of methoxy groups -OCH3 is 2. The first-order valence-electron chi connectivity index (χ1n) is 17.3. The van der Waals surface area contributed by atoms with E-state index in [9.17, 15) is 23.4 Å². The van der Waals surface area contributed by atoms with Crippen LogP contribution in [0.25, 0.3) is 0 Å². The van der Waals surface area contributed by atoms with Crippen LogP contribution in [0.15, 0.2) is 72.3 Å². The minimum atomic E-state index is -3.74. The third-order valence-electron chi connectivity index (χ3n) is 13.7. The number of benzene rings is 2. The molecule has 9 heteroatoms. The fourth-order valence-corrected chi connectivity index (χ4v) is 11.9. The molecule has 0 heterocycles. The number of aliphatic hydroxyl groups is 2. The van der Waals surface area contributed by atoms with E-state index >= 15 is 0 Å². The lowest BCUT2D eigenvalue weighted by Crippen LogP contribution is -2.67. The van der Waals surface area contributed by atoms with Crippen LogP contribution < -0.4 is 9.47 Å². The van der Waals surface area contributed by atoms with Crippen LogP contribution in [0.5, 0.6) is 11.5 Å². The van der Waals surface area contributed by atoms with E-state index in [1.165, 1.54) is 10.6 Å². The number of sulfonamides is 1. The van der Waals surface area contributed by atoms with E-state index in [-0.39, 0.29) is 36.1 Å². The number of ether oxygens (including phenoxy) is 2. The zero-order valence-electron chi connectivity index (χ0n) is 28.7. The van der Waals surface area contributed by atoms with E-state index in [2.05, 4.69) is 32.1 Å². The Morgan fingerprint density at radius 3 is 2.31 bits per heavy atom. The molecule has 8 atom stereocenters. The summed E-state index contributed by atoms with van der Waals surface area (Å²) in [6.45, 7) is 4.48. The number of ketones is 1. The van der Waals surface area contributed by atoms with Crippen LogP contribution in [-0.4, -0.2) is 67.4 Å². The third-order valence-corrected chi connectivity index (χ3v) is 14.9. The van der Waals surface area contributed by atoms with Gasteiger partial charge in [-0.05, 0) is 68.3 Å². The van der Waals surface area contributed by atoms with Crippen molar-refractivity contribution in [3.63, 3.8) is 0 Å². The molecule has 2 bridgehead atoms. The van der Waals surface area contributed by atoms with Crippen LogP contribution in [-0.2, 0) is 16.6 Å². The Labute approximate surface area is 284 Å². The first-order valence-corrected chi connectivity index (χ1v) is 19.1. The Bertz CT molecular complexity index is 1790. The van der Waals surface area contributed by atoms with Crippen molar-refractivity contribution in [1.82, 2.24) is 4.31 Å². The predicted octanol–water partition coefficient (Wildman–Crippen LogP) is 5.94. The quantitative estimate of drug-likeness (QED) is 0.250. The molecular weight excluding hydrogens is 626 g/mol. The fourth-order valence-electron chi connectivity index (χ4n) is 11.1. The van der Waals surface area contributed by atoms with Gasteiger partial charge in [-0.1, -0.05) is 68.5 Å². The van der Waals surface area contributed by atoms with Gasteiger partial charge < -0.3 is 19.7 Å². The summed E-state index contributed by atoms with van der Waals surface area (Å²) in [5.41, 5.74) is -1.06. The second-order valence-corrected chi connectivity index (χ2v) is 17.7. The minimum Gasteiger partial charge on any atom is -0.497 e. The van der Waals surface area contributed by atoms with Crippen molar-refractivity contribution < 1.29 is 32.9 Å². The number of aliphatic hydroxyl groups excluding tert-OH is 1. The highest BCUT2D eigenvalue weighted by Gasteiger charge is 2.74. The number of Topliss-reactive ketones (excluding diaryl/α,β-unsaturated/α-hetero) is 1. The van der Waals surface area contributed by atoms with Crippen molar-refractivity contribution in [1.29, 1.82) is 0 Å². The largest absolute Gasteiger partial charge is 0.497 e. The van der Waals surface area contributed by atoms with E-state index in [0.717, 1.165) is 31.3 Å². The first-order chi connectivity index (χ1) is 22.7. The van der Waals surface area contributed by atoms with E-state index in [1.807, 2.05) is 30.3 Å². The Balaban J connectivity index is 1.30. The lowest BCUT2D eigenvalue weighted by Gasteiger charge is -2.71. The van der Waals surface area contributed by atoms with Crippen molar-refractivity contribution >= 4 is 15.8 Å². The molecule has 6 aliphatic rings. The van der Waals surface area contributed by atoms with E-state index in [0.29, 0.717) is 41.9 Å². The normalized spacial score (nSPS) is 38.2. The number of rotatable bonds is 9. The molecule has 2 aromatic carbocycles. The molecule has 8 rings (SSSR count). The summed E-state index contributed by atoms with van der Waals surface area (Å²) >= 11 is 0. The molecule has 0 aliphatic heterocycles. The van der Waals surface area contributed by atoms with Gasteiger partial charge in [0.15, 0.2) is 5.78 Å². The number of allylic oxidation sites excluding steroid dienone is 4. The van der Waals surface area contributed by atoms with Crippen LogP contribution in [0.1, 0.15) is 74.7 Å². The molecule has 0 saturated heterocycles. The third kappa shape index (κ3) is 4.63. The monoisotopic (exact) mass is 675 g/mol. The van der Waals surface area contributed by atoms with Crippen LogP contribution in [0.4, 0.5) is 0 Å². The summed E-state index contributed by atoms with van der Waals surface area (Å²) < 4.78 is 39.1. The second kappa shape index (κ2) is 11.3. The Kier molecular flexibility index (Phi) is 7.87. The minimum absolute atomic E-state index is 0.00971. The van der Waals surface area contributed by atoms with E-state index in [4.69, 9.17) is 9.47 Å². The van der Waals surface area contributed by atoms with E-state index in [1.54, 1.807) is 32.4 Å². The zero-order valence-corrected chi connectivity index (χ0v) is 29.6. The Hall–Kier alpha value is -2.98. The SMILES string of the molecule is COc1ccc(CN(CC2(O)CCC3C45C=CC6(C=C4C(=O)c4ccccc4)CC(O)CCC6(C)C5CCC32C)S(C)(=O)=O)c(OC)c1. The molecule has 2 N–H and O–H groups in total. The molecule has 8 unspecified atom stereocenters. The number of hydrogen-bond acceptors (Lipinski definition) is 7. The number of hydrogen-bond donors (Lipinski definition) is 2. The van der Waals surface area contributed by atoms with Crippen LogP contribution in [0.3, 0.4) is 0 Å². The van der Waals surface area contributed by atoms with Gasteiger partial charge in [-0.25, -0.2) is 8.42 Å². The van der Waals surface area contributed by atoms with Crippen LogP contribution in [0, 0.1) is 33.5 Å². The fraction of sp³-hybridized carbons (Fsp3) is 0.564. The summed E-state index contributed by atoms with van der Waals surface area (Å²) in [4.78, 5) is 14.6. The lowest BCUT2D eigenvalue weighted by atomic mass is 9.32. The Morgan fingerprint density at radius 2 is 1.62 bits per heavy atom. The van der Waals surface area contributed by atoms with Gasteiger partial charge in [-0.15, -0.1) is 0 Å². The molecule has 3 saturated carbocycles. The molecule has 2 aromatic rings. The summed E-state index contributed by atoms with van der Waals surface area (Å²) in [5, 5.41) is 23.8. The molecule has 258 valence electrons. The molecule has 0 radical (unpaired) electrons.